The predicted molar refractivity (Wildman–Crippen MR) is 108 cm³/mol. The average molecular weight is 396 g/mol. The number of aromatic nitrogens is 1. The van der Waals surface area contributed by atoms with Crippen LogP contribution in [-0.4, -0.2) is 54.8 Å². The van der Waals surface area contributed by atoms with Crippen molar-refractivity contribution in [3.63, 3.8) is 0 Å². The summed E-state index contributed by atoms with van der Waals surface area (Å²) in [7, 11) is -3.60. The number of nitrogens with one attached hydrogen (secondary N) is 1. The lowest BCUT2D eigenvalue weighted by Crippen LogP contribution is -2.51. The Morgan fingerprint density at radius 2 is 1.68 bits per heavy atom. The van der Waals surface area contributed by atoms with Gasteiger partial charge in [-0.3, -0.25) is 4.98 Å². The van der Waals surface area contributed by atoms with E-state index in [4.69, 9.17) is 0 Å². The van der Waals surface area contributed by atoms with E-state index in [1.165, 1.54) is 4.31 Å². The lowest BCUT2D eigenvalue weighted by atomic mass is 10.1. The number of benzene rings is 2. The fourth-order valence-corrected chi connectivity index (χ4v) is 4.71. The molecule has 144 valence electrons. The average Bonchev–Trinajstić information content (AvgIpc) is 2.74. The summed E-state index contributed by atoms with van der Waals surface area (Å²) in [6.45, 7) is 1.18. The van der Waals surface area contributed by atoms with Gasteiger partial charge in [-0.25, -0.2) is 13.2 Å². The van der Waals surface area contributed by atoms with Crippen LogP contribution in [0.15, 0.2) is 71.9 Å². The topological polar surface area (TPSA) is 82.6 Å². The Morgan fingerprint density at radius 1 is 0.929 bits per heavy atom. The second-order valence-corrected chi connectivity index (χ2v) is 8.51. The number of rotatable bonds is 3. The smallest absolute Gasteiger partial charge is 0.321 e. The number of amides is 2. The fourth-order valence-electron chi connectivity index (χ4n) is 3.25. The maximum Gasteiger partial charge on any atom is 0.321 e. The minimum Gasteiger partial charge on any atom is -0.322 e. The van der Waals surface area contributed by atoms with Crippen molar-refractivity contribution in [2.45, 2.75) is 4.90 Å². The van der Waals surface area contributed by atoms with Gasteiger partial charge in [-0.05, 0) is 35.0 Å². The van der Waals surface area contributed by atoms with Gasteiger partial charge in [0.2, 0.25) is 10.0 Å². The monoisotopic (exact) mass is 396 g/mol. The van der Waals surface area contributed by atoms with Crippen molar-refractivity contribution in [3.05, 3.63) is 67.0 Å². The van der Waals surface area contributed by atoms with Crippen molar-refractivity contribution >= 4 is 32.5 Å². The highest BCUT2D eigenvalue weighted by molar-refractivity contribution is 7.89. The van der Waals surface area contributed by atoms with E-state index >= 15 is 0 Å². The molecule has 2 heterocycles. The SMILES string of the molecule is O=C(Nc1cccnc1)N1CCN(S(=O)(=O)c2ccc3ccccc3c2)CC1. The Morgan fingerprint density at radius 3 is 2.39 bits per heavy atom. The number of nitrogens with zero attached hydrogens (tertiary/aromatic N) is 3. The lowest BCUT2D eigenvalue weighted by Gasteiger charge is -2.34. The molecule has 2 amide bonds. The Kier molecular flexibility index (Phi) is 4.97. The number of hydrogen-bond donors (Lipinski definition) is 1. The minimum absolute atomic E-state index is 0.254. The molecule has 1 aliphatic rings. The molecule has 1 N–H and O–H groups in total. The van der Waals surface area contributed by atoms with Crippen LogP contribution >= 0.6 is 0 Å². The molecule has 1 aromatic heterocycles. The first-order valence-corrected chi connectivity index (χ1v) is 10.4. The van der Waals surface area contributed by atoms with Gasteiger partial charge >= 0.3 is 6.03 Å². The van der Waals surface area contributed by atoms with E-state index in [1.807, 2.05) is 30.3 Å². The molecule has 1 saturated heterocycles. The highest BCUT2D eigenvalue weighted by Crippen LogP contribution is 2.23. The van der Waals surface area contributed by atoms with Crippen LogP contribution in [0.4, 0.5) is 10.5 Å². The summed E-state index contributed by atoms with van der Waals surface area (Å²) in [4.78, 5) is 18.2. The molecule has 7 nitrogen and oxygen atoms in total. The van der Waals surface area contributed by atoms with Gasteiger partial charge in [-0.2, -0.15) is 4.31 Å². The van der Waals surface area contributed by atoms with E-state index in [1.54, 1.807) is 41.6 Å². The molecule has 0 bridgehead atoms. The highest BCUT2D eigenvalue weighted by Gasteiger charge is 2.30. The van der Waals surface area contributed by atoms with Crippen LogP contribution in [0.25, 0.3) is 10.8 Å². The summed E-state index contributed by atoms with van der Waals surface area (Å²) in [6.07, 6.45) is 3.20. The second-order valence-electron chi connectivity index (χ2n) is 6.57. The van der Waals surface area contributed by atoms with Gasteiger partial charge in [0.25, 0.3) is 0 Å². The summed E-state index contributed by atoms with van der Waals surface area (Å²) in [6, 6.07) is 16.1. The van der Waals surface area contributed by atoms with Crippen molar-refractivity contribution in [2.75, 3.05) is 31.5 Å². The zero-order valence-corrected chi connectivity index (χ0v) is 16.0. The van der Waals surface area contributed by atoms with E-state index in [-0.39, 0.29) is 24.0 Å². The molecular weight excluding hydrogens is 376 g/mol. The number of carbonyl (C=O) groups excluding carboxylic acids is 1. The summed E-state index contributed by atoms with van der Waals surface area (Å²) in [5, 5.41) is 4.66. The third-order valence-electron chi connectivity index (χ3n) is 4.80. The predicted octanol–water partition coefficient (Wildman–Crippen LogP) is 2.77. The third-order valence-corrected chi connectivity index (χ3v) is 6.69. The molecule has 0 radical (unpaired) electrons. The van der Waals surface area contributed by atoms with E-state index in [2.05, 4.69) is 10.3 Å². The molecule has 4 rings (SSSR count). The van der Waals surface area contributed by atoms with Crippen LogP contribution in [0.2, 0.25) is 0 Å². The number of carbonyl (C=O) groups is 1. The zero-order valence-electron chi connectivity index (χ0n) is 15.2. The van der Waals surface area contributed by atoms with E-state index in [0.29, 0.717) is 18.8 Å². The number of piperazine rings is 1. The number of pyridine rings is 1. The first-order valence-electron chi connectivity index (χ1n) is 8.99. The lowest BCUT2D eigenvalue weighted by molar-refractivity contribution is 0.184. The maximum absolute atomic E-state index is 13.0. The first kappa shape index (κ1) is 18.4. The highest BCUT2D eigenvalue weighted by atomic mass is 32.2. The largest absolute Gasteiger partial charge is 0.322 e. The molecule has 3 aromatic rings. The molecule has 1 aliphatic heterocycles. The number of hydrogen-bond acceptors (Lipinski definition) is 4. The van der Waals surface area contributed by atoms with Gasteiger partial charge in [0.15, 0.2) is 0 Å². The number of anilines is 1. The van der Waals surface area contributed by atoms with E-state index < -0.39 is 10.0 Å². The van der Waals surface area contributed by atoms with E-state index in [0.717, 1.165) is 10.8 Å². The van der Waals surface area contributed by atoms with Crippen molar-refractivity contribution in [3.8, 4) is 0 Å². The summed E-state index contributed by atoms with van der Waals surface area (Å²) in [5.41, 5.74) is 0.610. The number of sulfonamides is 1. The molecular formula is C20H20N4O3S. The maximum atomic E-state index is 13.0. The molecule has 0 aliphatic carbocycles. The Balaban J connectivity index is 1.44. The van der Waals surface area contributed by atoms with Crippen molar-refractivity contribution in [2.24, 2.45) is 0 Å². The third kappa shape index (κ3) is 3.69. The van der Waals surface area contributed by atoms with Crippen LogP contribution in [0.1, 0.15) is 0 Å². The Hall–Kier alpha value is -2.97. The Labute approximate surface area is 163 Å². The van der Waals surface area contributed by atoms with E-state index in [9.17, 15) is 13.2 Å². The van der Waals surface area contributed by atoms with Crippen LogP contribution in [-0.2, 0) is 10.0 Å². The first-order chi connectivity index (χ1) is 13.5. The molecule has 0 saturated carbocycles. The normalized spacial score (nSPS) is 15.5. The van der Waals surface area contributed by atoms with Crippen LogP contribution in [0, 0.1) is 0 Å². The summed E-state index contributed by atoms with van der Waals surface area (Å²) < 4.78 is 27.4. The molecule has 8 heteroatoms. The van der Waals surface area contributed by atoms with Gasteiger partial charge in [-0.1, -0.05) is 30.3 Å². The van der Waals surface area contributed by atoms with Gasteiger partial charge in [0.1, 0.15) is 0 Å². The van der Waals surface area contributed by atoms with Crippen LogP contribution in [0.5, 0.6) is 0 Å². The van der Waals surface area contributed by atoms with Crippen molar-refractivity contribution < 1.29 is 13.2 Å². The fraction of sp³-hybridized carbons (Fsp3) is 0.200. The second kappa shape index (κ2) is 7.57. The molecule has 28 heavy (non-hydrogen) atoms. The zero-order chi connectivity index (χ0) is 19.6. The molecule has 0 spiro atoms. The van der Waals surface area contributed by atoms with Gasteiger partial charge in [-0.15, -0.1) is 0 Å². The van der Waals surface area contributed by atoms with Crippen LogP contribution < -0.4 is 5.32 Å². The molecule has 2 aromatic carbocycles. The quantitative estimate of drug-likeness (QED) is 0.738. The standard InChI is InChI=1S/C20H20N4O3S/c25-20(22-18-6-3-9-21-15-18)23-10-12-24(13-11-23)28(26,27)19-8-7-16-4-1-2-5-17(16)14-19/h1-9,14-15H,10-13H2,(H,22,25). The molecule has 1 fully saturated rings. The molecule has 0 atom stereocenters. The van der Waals surface area contributed by atoms with Crippen molar-refractivity contribution in [1.29, 1.82) is 0 Å². The minimum atomic E-state index is -3.60. The van der Waals surface area contributed by atoms with Crippen LogP contribution in [0.3, 0.4) is 0 Å². The van der Waals surface area contributed by atoms with Crippen molar-refractivity contribution in [1.82, 2.24) is 14.2 Å². The summed E-state index contributed by atoms with van der Waals surface area (Å²) >= 11 is 0. The molecule has 0 unspecified atom stereocenters. The van der Waals surface area contributed by atoms with Gasteiger partial charge < -0.3 is 10.2 Å². The summed E-state index contributed by atoms with van der Waals surface area (Å²) in [5.74, 6) is 0. The number of fused-ring (bicyclic) bond motifs is 1. The Bertz CT molecular complexity index is 1090. The van der Waals surface area contributed by atoms with Gasteiger partial charge in [0, 0.05) is 32.4 Å². The number of urea groups is 1. The van der Waals surface area contributed by atoms with Gasteiger partial charge in [0.05, 0.1) is 16.8 Å².